The number of carboxylic acid groups (broad SMARTS) is 1. The maximum Gasteiger partial charge on any atom is 0.336 e. The molecule has 0 saturated heterocycles. The molecular weight excluding hydrogens is 340 g/mol. The van der Waals surface area contributed by atoms with Gasteiger partial charge in [0.05, 0.1) is 16.5 Å². The lowest BCUT2D eigenvalue weighted by molar-refractivity contribution is -0.130. The van der Waals surface area contributed by atoms with Crippen molar-refractivity contribution in [3.05, 3.63) is 93.8 Å². The number of hydrogen-bond acceptors (Lipinski definition) is 3. The number of benzene rings is 3. The quantitative estimate of drug-likeness (QED) is 0.531. The number of aryl methyl sites for hydroxylation is 1. The summed E-state index contributed by atoms with van der Waals surface area (Å²) < 4.78 is 5.55. The van der Waals surface area contributed by atoms with E-state index in [2.05, 4.69) is 0 Å². The van der Waals surface area contributed by atoms with Gasteiger partial charge in [0.2, 0.25) is 0 Å². The van der Waals surface area contributed by atoms with Crippen molar-refractivity contribution in [3.63, 3.8) is 0 Å². The molecule has 0 aliphatic rings. The fraction of sp³-hybridized carbons (Fsp3) is 0.0435. The molecule has 0 unspecified atom stereocenters. The highest BCUT2D eigenvalue weighted by Gasteiger charge is 2.15. The molecule has 27 heavy (non-hydrogen) atoms. The molecule has 0 radical (unpaired) electrons. The Bertz CT molecular complexity index is 1270. The van der Waals surface area contributed by atoms with E-state index in [1.165, 1.54) is 12.3 Å². The standard InChI is InChI=1S/C23H16O4/c1-14-9-10-21-20(11-14)22(24)16(13-27-21)12-19(23(25)26)18-8-4-6-15-5-2-3-7-17(15)18/h2-13H,1H3,(H,25,26). The van der Waals surface area contributed by atoms with Gasteiger partial charge < -0.3 is 9.52 Å². The maximum absolute atomic E-state index is 12.8. The van der Waals surface area contributed by atoms with Gasteiger partial charge in [-0.2, -0.15) is 0 Å². The van der Waals surface area contributed by atoms with Crippen molar-refractivity contribution < 1.29 is 14.3 Å². The minimum atomic E-state index is -1.10. The average molecular weight is 356 g/mol. The van der Waals surface area contributed by atoms with Gasteiger partial charge in [0.1, 0.15) is 11.8 Å². The Kier molecular flexibility index (Phi) is 4.09. The lowest BCUT2D eigenvalue weighted by Gasteiger charge is -2.08. The number of carbonyl (C=O) groups is 1. The van der Waals surface area contributed by atoms with Gasteiger partial charge in [-0.1, -0.05) is 54.1 Å². The Hall–Kier alpha value is -3.66. The Labute approximate surface area is 155 Å². The first-order valence-electron chi connectivity index (χ1n) is 8.50. The third kappa shape index (κ3) is 3.02. The monoisotopic (exact) mass is 356 g/mol. The summed E-state index contributed by atoms with van der Waals surface area (Å²) >= 11 is 0. The molecular formula is C23H16O4. The molecule has 1 aromatic heterocycles. The molecule has 0 spiro atoms. The topological polar surface area (TPSA) is 67.5 Å². The molecule has 1 N–H and O–H groups in total. The first-order valence-corrected chi connectivity index (χ1v) is 8.50. The van der Waals surface area contributed by atoms with E-state index in [9.17, 15) is 14.7 Å². The van der Waals surface area contributed by atoms with Crippen LogP contribution >= 0.6 is 0 Å². The second-order valence-electron chi connectivity index (χ2n) is 6.41. The number of rotatable bonds is 3. The van der Waals surface area contributed by atoms with E-state index >= 15 is 0 Å². The zero-order chi connectivity index (χ0) is 19.0. The summed E-state index contributed by atoms with van der Waals surface area (Å²) in [5.74, 6) is -1.10. The molecule has 4 heteroatoms. The molecule has 0 aliphatic carbocycles. The molecule has 4 rings (SSSR count). The highest BCUT2D eigenvalue weighted by atomic mass is 16.4. The van der Waals surface area contributed by atoms with E-state index < -0.39 is 5.97 Å². The van der Waals surface area contributed by atoms with Gasteiger partial charge in [-0.25, -0.2) is 4.79 Å². The Morgan fingerprint density at radius 2 is 1.78 bits per heavy atom. The van der Waals surface area contributed by atoms with Crippen LogP contribution in [0.2, 0.25) is 0 Å². The number of hydrogen-bond donors (Lipinski definition) is 1. The van der Waals surface area contributed by atoms with E-state index in [0.29, 0.717) is 16.5 Å². The molecule has 132 valence electrons. The van der Waals surface area contributed by atoms with Crippen molar-refractivity contribution in [1.29, 1.82) is 0 Å². The molecule has 0 bridgehead atoms. The van der Waals surface area contributed by atoms with Gasteiger partial charge in [-0.15, -0.1) is 0 Å². The van der Waals surface area contributed by atoms with Crippen molar-refractivity contribution in [1.82, 2.24) is 0 Å². The van der Waals surface area contributed by atoms with Crippen LogP contribution < -0.4 is 5.43 Å². The van der Waals surface area contributed by atoms with Gasteiger partial charge in [-0.05, 0) is 41.5 Å². The molecule has 0 aliphatic heterocycles. The van der Waals surface area contributed by atoms with E-state index in [1.807, 2.05) is 43.3 Å². The summed E-state index contributed by atoms with van der Waals surface area (Å²) in [5, 5.41) is 12.0. The Morgan fingerprint density at radius 3 is 2.59 bits per heavy atom. The number of aliphatic carboxylic acids is 1. The third-order valence-corrected chi connectivity index (χ3v) is 4.56. The second-order valence-corrected chi connectivity index (χ2v) is 6.41. The first kappa shape index (κ1) is 16.8. The normalized spacial score (nSPS) is 11.8. The number of fused-ring (bicyclic) bond motifs is 2. The zero-order valence-electron chi connectivity index (χ0n) is 14.6. The van der Waals surface area contributed by atoms with Gasteiger partial charge >= 0.3 is 5.97 Å². The predicted octanol–water partition coefficient (Wildman–Crippen LogP) is 4.88. The lowest BCUT2D eigenvalue weighted by atomic mass is 9.96. The maximum atomic E-state index is 12.8. The highest BCUT2D eigenvalue weighted by Crippen LogP contribution is 2.27. The van der Waals surface area contributed by atoms with E-state index in [1.54, 1.807) is 24.3 Å². The van der Waals surface area contributed by atoms with Crippen molar-refractivity contribution in [2.24, 2.45) is 0 Å². The molecule has 0 fully saturated rings. The van der Waals surface area contributed by atoms with Gasteiger partial charge in [0, 0.05) is 0 Å². The lowest BCUT2D eigenvalue weighted by Crippen LogP contribution is -2.07. The second kappa shape index (κ2) is 6.57. The summed E-state index contributed by atoms with van der Waals surface area (Å²) in [7, 11) is 0. The van der Waals surface area contributed by atoms with Crippen LogP contribution in [0, 0.1) is 6.92 Å². The van der Waals surface area contributed by atoms with Crippen LogP contribution in [0.15, 0.2) is 76.1 Å². The van der Waals surface area contributed by atoms with Crippen LogP contribution in [0.1, 0.15) is 16.7 Å². The van der Waals surface area contributed by atoms with Crippen LogP contribution in [0.5, 0.6) is 0 Å². The largest absolute Gasteiger partial charge is 0.478 e. The van der Waals surface area contributed by atoms with Gasteiger partial charge in [-0.3, -0.25) is 4.79 Å². The summed E-state index contributed by atoms with van der Waals surface area (Å²) in [5.41, 5.74) is 1.97. The van der Waals surface area contributed by atoms with Crippen molar-refractivity contribution >= 4 is 39.4 Å². The minimum absolute atomic E-state index is 0.0473. The van der Waals surface area contributed by atoms with Gasteiger partial charge in [0.25, 0.3) is 0 Å². The van der Waals surface area contributed by atoms with E-state index in [0.717, 1.165) is 16.3 Å². The molecule has 1 heterocycles. The predicted molar refractivity (Wildman–Crippen MR) is 107 cm³/mol. The van der Waals surface area contributed by atoms with Crippen LogP contribution in [-0.2, 0) is 4.79 Å². The first-order chi connectivity index (χ1) is 13.0. The SMILES string of the molecule is Cc1ccc2occ(C=C(C(=O)O)c3cccc4ccccc34)c(=O)c2c1. The molecule has 4 aromatic rings. The van der Waals surface area contributed by atoms with Crippen LogP contribution in [0.25, 0.3) is 33.4 Å². The van der Waals surface area contributed by atoms with Crippen LogP contribution in [0.4, 0.5) is 0 Å². The summed E-state index contributed by atoms with van der Waals surface area (Å²) in [6, 6.07) is 18.4. The van der Waals surface area contributed by atoms with Crippen LogP contribution in [-0.4, -0.2) is 11.1 Å². The Morgan fingerprint density at radius 1 is 1.00 bits per heavy atom. The highest BCUT2D eigenvalue weighted by molar-refractivity contribution is 6.24. The van der Waals surface area contributed by atoms with Crippen molar-refractivity contribution in [2.45, 2.75) is 6.92 Å². The van der Waals surface area contributed by atoms with Crippen molar-refractivity contribution in [2.75, 3.05) is 0 Å². The summed E-state index contributed by atoms with van der Waals surface area (Å²) in [6.45, 7) is 1.89. The van der Waals surface area contributed by atoms with Crippen LogP contribution in [0.3, 0.4) is 0 Å². The number of carboxylic acids is 1. The fourth-order valence-corrected chi connectivity index (χ4v) is 3.23. The zero-order valence-corrected chi connectivity index (χ0v) is 14.6. The van der Waals surface area contributed by atoms with E-state index in [-0.39, 0.29) is 16.6 Å². The molecule has 4 nitrogen and oxygen atoms in total. The van der Waals surface area contributed by atoms with Crippen molar-refractivity contribution in [3.8, 4) is 0 Å². The molecule has 0 amide bonds. The average Bonchev–Trinajstić information content (AvgIpc) is 2.67. The molecule has 3 aromatic carbocycles. The van der Waals surface area contributed by atoms with Gasteiger partial charge in [0.15, 0.2) is 5.43 Å². The van der Waals surface area contributed by atoms with E-state index in [4.69, 9.17) is 4.42 Å². The summed E-state index contributed by atoms with van der Waals surface area (Å²) in [4.78, 5) is 24.8. The third-order valence-electron chi connectivity index (χ3n) is 4.56. The Balaban J connectivity index is 1.97. The molecule has 0 saturated carbocycles. The summed E-state index contributed by atoms with van der Waals surface area (Å²) in [6.07, 6.45) is 2.70. The fourth-order valence-electron chi connectivity index (χ4n) is 3.23. The molecule has 0 atom stereocenters. The smallest absolute Gasteiger partial charge is 0.336 e. The minimum Gasteiger partial charge on any atom is -0.478 e.